The van der Waals surface area contributed by atoms with Crippen LogP contribution in [0, 0.1) is 6.92 Å². The minimum atomic E-state index is 0.333. The van der Waals surface area contributed by atoms with Crippen molar-refractivity contribution in [1.82, 2.24) is 10.3 Å². The minimum absolute atomic E-state index is 0.333. The molecule has 4 heteroatoms. The zero-order valence-electron chi connectivity index (χ0n) is 9.32. The Morgan fingerprint density at radius 2 is 2.60 bits per heavy atom. The van der Waals surface area contributed by atoms with E-state index in [0.717, 1.165) is 23.9 Å². The lowest BCUT2D eigenvalue weighted by Crippen LogP contribution is -2.28. The average Bonchev–Trinajstić information content (AvgIpc) is 2.84. The fourth-order valence-corrected chi connectivity index (χ4v) is 2.50. The molecule has 0 aliphatic carbocycles. The first-order valence-corrected chi connectivity index (χ1v) is 6.40. The summed E-state index contributed by atoms with van der Waals surface area (Å²) in [4.78, 5) is 4.47. The van der Waals surface area contributed by atoms with Crippen molar-refractivity contribution in [3.8, 4) is 0 Å². The minimum Gasteiger partial charge on any atom is -0.377 e. The molecule has 1 aromatic rings. The third-order valence-corrected chi connectivity index (χ3v) is 3.55. The third kappa shape index (κ3) is 3.00. The standard InChI is InChI=1S/C11H18N2OS/c1-8(11-7-15-9(2)13-11)12-6-10-4-3-5-14-10/h7-8,10,12H,3-6H2,1-2H3. The Labute approximate surface area is 94.9 Å². The van der Waals surface area contributed by atoms with E-state index in [1.54, 1.807) is 11.3 Å². The van der Waals surface area contributed by atoms with Gasteiger partial charge in [0.2, 0.25) is 0 Å². The van der Waals surface area contributed by atoms with Crippen molar-refractivity contribution in [1.29, 1.82) is 0 Å². The quantitative estimate of drug-likeness (QED) is 0.855. The lowest BCUT2D eigenvalue weighted by molar-refractivity contribution is 0.108. The molecule has 84 valence electrons. The van der Waals surface area contributed by atoms with Crippen LogP contribution in [0.4, 0.5) is 0 Å². The number of nitrogens with zero attached hydrogens (tertiary/aromatic N) is 1. The van der Waals surface area contributed by atoms with Crippen LogP contribution in [0.15, 0.2) is 5.38 Å². The molecular weight excluding hydrogens is 208 g/mol. The van der Waals surface area contributed by atoms with Gasteiger partial charge in [0.25, 0.3) is 0 Å². The predicted molar refractivity (Wildman–Crippen MR) is 62.2 cm³/mol. The van der Waals surface area contributed by atoms with E-state index >= 15 is 0 Å². The molecule has 0 aromatic carbocycles. The van der Waals surface area contributed by atoms with Gasteiger partial charge in [-0.3, -0.25) is 0 Å². The van der Waals surface area contributed by atoms with Crippen LogP contribution in [0.1, 0.15) is 36.5 Å². The van der Waals surface area contributed by atoms with E-state index in [-0.39, 0.29) is 0 Å². The van der Waals surface area contributed by atoms with Gasteiger partial charge in [-0.15, -0.1) is 11.3 Å². The number of hydrogen-bond donors (Lipinski definition) is 1. The molecule has 1 aliphatic rings. The van der Waals surface area contributed by atoms with Gasteiger partial charge in [-0.2, -0.15) is 0 Å². The SMILES string of the molecule is Cc1nc(C(C)NCC2CCCO2)cs1. The highest BCUT2D eigenvalue weighted by atomic mass is 32.1. The van der Waals surface area contributed by atoms with Crippen LogP contribution in [0.25, 0.3) is 0 Å². The zero-order chi connectivity index (χ0) is 10.7. The van der Waals surface area contributed by atoms with Crippen molar-refractivity contribution in [2.24, 2.45) is 0 Å². The number of ether oxygens (including phenoxy) is 1. The fourth-order valence-electron chi connectivity index (χ4n) is 1.80. The van der Waals surface area contributed by atoms with Gasteiger partial charge in [-0.05, 0) is 26.7 Å². The summed E-state index contributed by atoms with van der Waals surface area (Å²) in [7, 11) is 0. The van der Waals surface area contributed by atoms with Crippen LogP contribution < -0.4 is 5.32 Å². The van der Waals surface area contributed by atoms with Gasteiger partial charge in [0.15, 0.2) is 0 Å². The molecule has 1 saturated heterocycles. The fraction of sp³-hybridized carbons (Fsp3) is 0.727. The Morgan fingerprint density at radius 1 is 1.73 bits per heavy atom. The smallest absolute Gasteiger partial charge is 0.0898 e. The molecule has 2 unspecified atom stereocenters. The van der Waals surface area contributed by atoms with Gasteiger partial charge in [0, 0.05) is 24.6 Å². The second-order valence-corrected chi connectivity index (χ2v) is 5.12. The first kappa shape index (κ1) is 11.0. The third-order valence-electron chi connectivity index (χ3n) is 2.76. The van der Waals surface area contributed by atoms with Crippen LogP contribution >= 0.6 is 11.3 Å². The average molecular weight is 226 g/mol. The lowest BCUT2D eigenvalue weighted by Gasteiger charge is -2.15. The van der Waals surface area contributed by atoms with Crippen LogP contribution in [-0.4, -0.2) is 24.2 Å². The Bertz CT molecular complexity index is 307. The molecule has 1 fully saturated rings. The highest BCUT2D eigenvalue weighted by Gasteiger charge is 2.17. The number of thiazole rings is 1. The summed E-state index contributed by atoms with van der Waals surface area (Å²) in [6.07, 6.45) is 2.80. The van der Waals surface area contributed by atoms with Gasteiger partial charge in [0.1, 0.15) is 0 Å². The van der Waals surface area contributed by atoms with Crippen LogP contribution in [-0.2, 0) is 4.74 Å². The molecule has 15 heavy (non-hydrogen) atoms. The Kier molecular flexibility index (Phi) is 3.72. The van der Waals surface area contributed by atoms with Crippen LogP contribution in [0.3, 0.4) is 0 Å². The molecule has 0 amide bonds. The first-order chi connectivity index (χ1) is 7.25. The van der Waals surface area contributed by atoms with Gasteiger partial charge in [-0.1, -0.05) is 0 Å². The molecule has 0 saturated carbocycles. The molecule has 1 N–H and O–H groups in total. The van der Waals surface area contributed by atoms with E-state index in [1.807, 2.05) is 6.92 Å². The molecule has 0 radical (unpaired) electrons. The summed E-state index contributed by atoms with van der Waals surface area (Å²) < 4.78 is 5.56. The molecule has 0 spiro atoms. The summed E-state index contributed by atoms with van der Waals surface area (Å²) >= 11 is 1.71. The van der Waals surface area contributed by atoms with Gasteiger partial charge in [0.05, 0.1) is 16.8 Å². The van der Waals surface area contributed by atoms with Gasteiger partial charge in [-0.25, -0.2) is 4.98 Å². The molecule has 1 aliphatic heterocycles. The van der Waals surface area contributed by atoms with Crippen LogP contribution in [0.5, 0.6) is 0 Å². The van der Waals surface area contributed by atoms with E-state index in [0.29, 0.717) is 12.1 Å². The Hall–Kier alpha value is -0.450. The number of rotatable bonds is 4. The van der Waals surface area contributed by atoms with E-state index in [2.05, 4.69) is 22.6 Å². The Morgan fingerprint density at radius 3 is 3.20 bits per heavy atom. The molecule has 1 aromatic heterocycles. The van der Waals surface area contributed by atoms with Crippen molar-refractivity contribution in [3.63, 3.8) is 0 Å². The first-order valence-electron chi connectivity index (χ1n) is 5.52. The van der Waals surface area contributed by atoms with Crippen molar-refractivity contribution in [2.75, 3.05) is 13.2 Å². The zero-order valence-corrected chi connectivity index (χ0v) is 10.1. The summed E-state index contributed by atoms with van der Waals surface area (Å²) in [6, 6.07) is 0.333. The Balaban J connectivity index is 1.79. The molecule has 3 nitrogen and oxygen atoms in total. The highest BCUT2D eigenvalue weighted by Crippen LogP contribution is 2.17. The monoisotopic (exact) mass is 226 g/mol. The second-order valence-electron chi connectivity index (χ2n) is 4.06. The molecular formula is C11H18N2OS. The molecule has 2 atom stereocenters. The van der Waals surface area contributed by atoms with E-state index in [4.69, 9.17) is 4.74 Å². The maximum atomic E-state index is 5.56. The topological polar surface area (TPSA) is 34.2 Å². The van der Waals surface area contributed by atoms with Crippen LogP contribution in [0.2, 0.25) is 0 Å². The number of nitrogens with one attached hydrogen (secondary N) is 1. The highest BCUT2D eigenvalue weighted by molar-refractivity contribution is 7.09. The number of hydrogen-bond acceptors (Lipinski definition) is 4. The second kappa shape index (κ2) is 5.05. The normalized spacial score (nSPS) is 23.2. The summed E-state index contributed by atoms with van der Waals surface area (Å²) in [6.45, 7) is 6.07. The number of aromatic nitrogens is 1. The molecule has 2 heterocycles. The summed E-state index contributed by atoms with van der Waals surface area (Å²) in [5.41, 5.74) is 1.15. The van der Waals surface area contributed by atoms with Gasteiger partial charge < -0.3 is 10.1 Å². The molecule has 2 rings (SSSR count). The number of aryl methyl sites for hydroxylation is 1. The van der Waals surface area contributed by atoms with Gasteiger partial charge >= 0.3 is 0 Å². The lowest BCUT2D eigenvalue weighted by atomic mass is 10.2. The van der Waals surface area contributed by atoms with Crippen molar-refractivity contribution < 1.29 is 4.74 Å². The van der Waals surface area contributed by atoms with E-state index in [1.165, 1.54) is 12.8 Å². The molecule has 0 bridgehead atoms. The van der Waals surface area contributed by atoms with Crippen molar-refractivity contribution in [2.45, 2.75) is 38.8 Å². The van der Waals surface area contributed by atoms with E-state index in [9.17, 15) is 0 Å². The largest absolute Gasteiger partial charge is 0.377 e. The van der Waals surface area contributed by atoms with E-state index < -0.39 is 0 Å². The summed E-state index contributed by atoms with van der Waals surface area (Å²) in [5, 5.41) is 6.74. The van der Waals surface area contributed by atoms with Crippen molar-refractivity contribution >= 4 is 11.3 Å². The van der Waals surface area contributed by atoms with Crippen molar-refractivity contribution in [3.05, 3.63) is 16.1 Å². The maximum Gasteiger partial charge on any atom is 0.0898 e. The summed E-state index contributed by atoms with van der Waals surface area (Å²) in [5.74, 6) is 0. The predicted octanol–water partition coefficient (Wildman–Crippen LogP) is 2.28. The maximum absolute atomic E-state index is 5.56.